The number of ether oxygens (including phenoxy) is 1. The second-order valence-electron chi connectivity index (χ2n) is 7.54. The first-order valence-electron chi connectivity index (χ1n) is 9.90. The molecule has 0 aromatic heterocycles. The Kier molecular flexibility index (Phi) is 5.20. The molecule has 4 nitrogen and oxygen atoms in total. The topological polar surface area (TPSA) is 72.6 Å². The van der Waals surface area contributed by atoms with Gasteiger partial charge in [0, 0.05) is 12.0 Å². The molecule has 0 spiro atoms. The third-order valence-corrected chi connectivity index (χ3v) is 5.45. The van der Waals surface area contributed by atoms with Crippen molar-refractivity contribution in [1.29, 1.82) is 0 Å². The van der Waals surface area contributed by atoms with Gasteiger partial charge in [-0.2, -0.15) is 0 Å². The Labute approximate surface area is 164 Å². The largest absolute Gasteiger partial charge is 0.488 e. The van der Waals surface area contributed by atoms with Gasteiger partial charge >= 0.3 is 5.97 Å². The van der Waals surface area contributed by atoms with E-state index in [4.69, 9.17) is 15.6 Å². The van der Waals surface area contributed by atoms with Crippen molar-refractivity contribution >= 4 is 22.4 Å². The number of hydrogen-bond donors (Lipinski definition) is 2. The van der Waals surface area contributed by atoms with Crippen LogP contribution >= 0.6 is 0 Å². The molecular weight excluding hydrogens is 350 g/mol. The van der Waals surface area contributed by atoms with Crippen molar-refractivity contribution in [2.45, 2.75) is 44.6 Å². The van der Waals surface area contributed by atoms with Crippen LogP contribution in [0.2, 0.25) is 0 Å². The fourth-order valence-electron chi connectivity index (χ4n) is 3.98. The number of carboxylic acids is 1. The van der Waals surface area contributed by atoms with Crippen molar-refractivity contribution < 1.29 is 14.6 Å². The van der Waals surface area contributed by atoms with Gasteiger partial charge in [0.1, 0.15) is 5.75 Å². The smallest absolute Gasteiger partial charge is 0.303 e. The SMILES string of the molecule is Nc1cc(CCC(=O)O)cc(-c2ccc3ccccc3c2)c1OC1CCCC1. The van der Waals surface area contributed by atoms with E-state index in [9.17, 15) is 4.79 Å². The predicted octanol–water partition coefficient (Wildman–Crippen LogP) is 5.43. The van der Waals surface area contributed by atoms with Crippen LogP contribution in [0.4, 0.5) is 5.69 Å². The van der Waals surface area contributed by atoms with Crippen molar-refractivity contribution in [1.82, 2.24) is 0 Å². The summed E-state index contributed by atoms with van der Waals surface area (Å²) in [6, 6.07) is 18.5. The summed E-state index contributed by atoms with van der Waals surface area (Å²) in [5, 5.41) is 11.4. The lowest BCUT2D eigenvalue weighted by Gasteiger charge is -2.20. The Morgan fingerprint density at radius 2 is 1.79 bits per heavy atom. The molecule has 0 heterocycles. The molecule has 0 amide bonds. The maximum Gasteiger partial charge on any atom is 0.303 e. The van der Waals surface area contributed by atoms with Gasteiger partial charge in [-0.15, -0.1) is 0 Å². The molecule has 1 aliphatic rings. The minimum absolute atomic E-state index is 0.0828. The number of aryl methyl sites for hydroxylation is 1. The first-order chi connectivity index (χ1) is 13.6. The number of nitrogen functional groups attached to an aromatic ring is 1. The molecule has 3 aromatic rings. The van der Waals surface area contributed by atoms with Crippen LogP contribution in [0.3, 0.4) is 0 Å². The number of anilines is 1. The number of benzene rings is 3. The van der Waals surface area contributed by atoms with Crippen molar-refractivity contribution in [2.75, 3.05) is 5.73 Å². The average Bonchev–Trinajstić information content (AvgIpc) is 3.21. The lowest BCUT2D eigenvalue weighted by atomic mass is 9.96. The lowest BCUT2D eigenvalue weighted by Crippen LogP contribution is -2.13. The molecule has 0 aliphatic heterocycles. The molecule has 0 radical (unpaired) electrons. The minimum Gasteiger partial charge on any atom is -0.488 e. The number of hydrogen-bond acceptors (Lipinski definition) is 3. The molecule has 3 N–H and O–H groups in total. The summed E-state index contributed by atoms with van der Waals surface area (Å²) < 4.78 is 6.34. The van der Waals surface area contributed by atoms with Crippen molar-refractivity contribution in [3.05, 3.63) is 60.2 Å². The Balaban J connectivity index is 1.78. The van der Waals surface area contributed by atoms with Crippen LogP contribution < -0.4 is 10.5 Å². The maximum absolute atomic E-state index is 11.0. The maximum atomic E-state index is 11.0. The molecule has 1 aliphatic carbocycles. The molecule has 0 unspecified atom stereocenters. The molecule has 144 valence electrons. The molecule has 4 rings (SSSR count). The van der Waals surface area contributed by atoms with E-state index in [1.807, 2.05) is 24.3 Å². The van der Waals surface area contributed by atoms with E-state index in [1.165, 1.54) is 18.2 Å². The van der Waals surface area contributed by atoms with Crippen LogP contribution in [-0.4, -0.2) is 17.2 Å². The fraction of sp³-hybridized carbons (Fsp3) is 0.292. The molecule has 1 fully saturated rings. The summed E-state index contributed by atoms with van der Waals surface area (Å²) in [6.07, 6.45) is 5.21. The van der Waals surface area contributed by atoms with Crippen molar-refractivity contribution in [3.63, 3.8) is 0 Å². The van der Waals surface area contributed by atoms with Gasteiger partial charge in [-0.1, -0.05) is 36.4 Å². The Hall–Kier alpha value is -3.01. The van der Waals surface area contributed by atoms with E-state index >= 15 is 0 Å². The highest BCUT2D eigenvalue weighted by molar-refractivity contribution is 5.89. The van der Waals surface area contributed by atoms with Crippen LogP contribution in [0.25, 0.3) is 21.9 Å². The summed E-state index contributed by atoms with van der Waals surface area (Å²) in [4.78, 5) is 11.0. The van der Waals surface area contributed by atoms with Crippen LogP contribution in [0, 0.1) is 0 Å². The zero-order valence-electron chi connectivity index (χ0n) is 15.9. The van der Waals surface area contributed by atoms with Gasteiger partial charge in [0.05, 0.1) is 11.8 Å². The number of rotatable bonds is 6. The molecular formula is C24H25NO3. The second-order valence-corrected chi connectivity index (χ2v) is 7.54. The normalized spacial score (nSPS) is 14.4. The molecule has 0 saturated heterocycles. The van der Waals surface area contributed by atoms with Gasteiger partial charge in [-0.25, -0.2) is 0 Å². The monoisotopic (exact) mass is 375 g/mol. The van der Waals surface area contributed by atoms with Crippen molar-refractivity contribution in [2.24, 2.45) is 0 Å². The van der Waals surface area contributed by atoms with Crippen LogP contribution in [0.15, 0.2) is 54.6 Å². The Morgan fingerprint density at radius 3 is 2.54 bits per heavy atom. The Bertz CT molecular complexity index is 1010. The number of carboxylic acid groups (broad SMARTS) is 1. The predicted molar refractivity (Wildman–Crippen MR) is 113 cm³/mol. The first kappa shape index (κ1) is 18.4. The zero-order valence-corrected chi connectivity index (χ0v) is 15.9. The standard InChI is InChI=1S/C24H25NO3/c25-22-14-16(9-12-23(26)27)13-21(24(22)28-20-7-3-4-8-20)19-11-10-17-5-1-2-6-18(17)15-19/h1-2,5-6,10-11,13-15,20H,3-4,7-9,12,25H2,(H,26,27). The fourth-order valence-corrected chi connectivity index (χ4v) is 3.98. The van der Waals surface area contributed by atoms with Gasteiger partial charge in [0.25, 0.3) is 0 Å². The summed E-state index contributed by atoms with van der Waals surface area (Å²) in [5.41, 5.74) is 9.86. The number of carbonyl (C=O) groups is 1. The van der Waals surface area contributed by atoms with Gasteiger partial charge in [0.15, 0.2) is 0 Å². The second kappa shape index (κ2) is 7.93. The highest BCUT2D eigenvalue weighted by Crippen LogP contribution is 2.40. The quantitative estimate of drug-likeness (QED) is 0.564. The van der Waals surface area contributed by atoms with E-state index in [2.05, 4.69) is 30.3 Å². The summed E-state index contributed by atoms with van der Waals surface area (Å²) in [5.74, 6) is -0.0848. The van der Waals surface area contributed by atoms with E-state index in [0.29, 0.717) is 12.1 Å². The van der Waals surface area contributed by atoms with Crippen LogP contribution in [-0.2, 0) is 11.2 Å². The number of nitrogens with two attached hydrogens (primary N) is 1. The summed E-state index contributed by atoms with van der Waals surface area (Å²) in [7, 11) is 0. The first-order valence-corrected chi connectivity index (χ1v) is 9.90. The van der Waals surface area contributed by atoms with E-state index in [-0.39, 0.29) is 12.5 Å². The molecule has 0 atom stereocenters. The van der Waals surface area contributed by atoms with Gasteiger partial charge in [-0.05, 0) is 72.2 Å². The summed E-state index contributed by atoms with van der Waals surface area (Å²) >= 11 is 0. The molecule has 3 aromatic carbocycles. The molecule has 28 heavy (non-hydrogen) atoms. The zero-order chi connectivity index (χ0) is 19.5. The average molecular weight is 375 g/mol. The number of aliphatic carboxylic acids is 1. The van der Waals surface area contributed by atoms with E-state index in [0.717, 1.165) is 40.7 Å². The van der Waals surface area contributed by atoms with Gasteiger partial charge in [0.2, 0.25) is 0 Å². The van der Waals surface area contributed by atoms with Crippen LogP contribution in [0.5, 0.6) is 5.75 Å². The molecule has 4 heteroatoms. The minimum atomic E-state index is -0.808. The van der Waals surface area contributed by atoms with Crippen molar-refractivity contribution in [3.8, 4) is 16.9 Å². The third-order valence-electron chi connectivity index (χ3n) is 5.45. The summed E-state index contributed by atoms with van der Waals surface area (Å²) in [6.45, 7) is 0. The number of fused-ring (bicyclic) bond motifs is 1. The van der Waals surface area contributed by atoms with Gasteiger partial charge in [-0.3, -0.25) is 4.79 Å². The third kappa shape index (κ3) is 3.96. The van der Waals surface area contributed by atoms with E-state index < -0.39 is 5.97 Å². The van der Waals surface area contributed by atoms with E-state index in [1.54, 1.807) is 0 Å². The highest BCUT2D eigenvalue weighted by atomic mass is 16.5. The van der Waals surface area contributed by atoms with Crippen LogP contribution in [0.1, 0.15) is 37.7 Å². The Morgan fingerprint density at radius 1 is 1.04 bits per heavy atom. The lowest BCUT2D eigenvalue weighted by molar-refractivity contribution is -0.136. The van der Waals surface area contributed by atoms with Gasteiger partial charge < -0.3 is 15.6 Å². The highest BCUT2D eigenvalue weighted by Gasteiger charge is 2.21. The molecule has 0 bridgehead atoms. The molecule has 1 saturated carbocycles.